The van der Waals surface area contributed by atoms with Gasteiger partial charge in [-0.1, -0.05) is 38.1 Å². The van der Waals surface area contributed by atoms with Gasteiger partial charge in [0.1, 0.15) is 5.82 Å². The van der Waals surface area contributed by atoms with E-state index in [0.717, 1.165) is 11.1 Å². The number of hydrogen-bond donors (Lipinski definition) is 2. The van der Waals surface area contributed by atoms with Crippen molar-refractivity contribution in [3.05, 3.63) is 86.6 Å². The third-order valence-corrected chi connectivity index (χ3v) is 7.04. The second-order valence-corrected chi connectivity index (χ2v) is 10.3. The standard InChI is InChI=1S/C27H29F6N5O3/c1-15(2)17-4-6-18(7-5-17)24-21(37(3)23(39)12-38(24)11-22-34-25(40)36-35-22)14-41-13-16-8-19(26(28,29)30)10-20(9-16)27(31,32)33/h4-10,15,21,24H,11-14H2,1-3H3,(H2,34,35,36,40)/t21-,24+/m1/s1. The SMILES string of the molecule is CC(C)c1ccc([C@H]2[C@@H](COCc3cc(C(F)(F)F)cc(C(F)(F)F)c3)N(C)C(=O)CN2Cc2n[nH]c(=O)[nH]2)cc1. The van der Waals surface area contributed by atoms with E-state index in [1.54, 1.807) is 11.9 Å². The van der Waals surface area contributed by atoms with Crippen LogP contribution < -0.4 is 5.69 Å². The first-order valence-corrected chi connectivity index (χ1v) is 12.7. The van der Waals surface area contributed by atoms with E-state index >= 15 is 0 Å². The highest BCUT2D eigenvalue weighted by Gasteiger charge is 2.41. The molecule has 1 fully saturated rings. The van der Waals surface area contributed by atoms with Crippen molar-refractivity contribution in [3.63, 3.8) is 0 Å². The molecule has 0 unspecified atom stereocenters. The molecule has 0 radical (unpaired) electrons. The lowest BCUT2D eigenvalue weighted by molar-refractivity contribution is -0.146. The number of aromatic nitrogens is 3. The van der Waals surface area contributed by atoms with Gasteiger partial charge in [-0.3, -0.25) is 14.7 Å². The molecule has 1 amide bonds. The van der Waals surface area contributed by atoms with Gasteiger partial charge in [-0.15, -0.1) is 0 Å². The number of nitrogens with one attached hydrogen (secondary N) is 2. The molecule has 222 valence electrons. The van der Waals surface area contributed by atoms with Gasteiger partial charge in [0.05, 0.1) is 49.5 Å². The molecule has 0 saturated carbocycles. The molecule has 1 aliphatic rings. The van der Waals surface area contributed by atoms with Gasteiger partial charge in [-0.2, -0.15) is 31.4 Å². The molecule has 2 aromatic carbocycles. The first kappa shape index (κ1) is 30.3. The molecule has 0 aliphatic carbocycles. The summed E-state index contributed by atoms with van der Waals surface area (Å²) in [4.78, 5) is 30.3. The number of alkyl halides is 6. The lowest BCUT2D eigenvalue weighted by Gasteiger charge is -2.45. The molecule has 4 rings (SSSR count). The number of H-pyrrole nitrogens is 2. The summed E-state index contributed by atoms with van der Waals surface area (Å²) in [6.07, 6.45) is -9.96. The molecule has 2 N–H and O–H groups in total. The summed E-state index contributed by atoms with van der Waals surface area (Å²) in [5.74, 6) is 0.266. The maximum atomic E-state index is 13.3. The number of nitrogens with zero attached hydrogens (tertiary/aromatic N) is 3. The van der Waals surface area contributed by atoms with Crippen LogP contribution in [0.5, 0.6) is 0 Å². The number of carbonyl (C=O) groups excluding carboxylic acids is 1. The summed E-state index contributed by atoms with van der Waals surface area (Å²) in [7, 11) is 1.56. The lowest BCUT2D eigenvalue weighted by Crippen LogP contribution is -2.57. The molecule has 1 aliphatic heterocycles. The Morgan fingerprint density at radius 3 is 2.12 bits per heavy atom. The Labute approximate surface area is 231 Å². The van der Waals surface area contributed by atoms with E-state index in [-0.39, 0.29) is 43.2 Å². The fraction of sp³-hybridized carbons (Fsp3) is 0.444. The number of benzene rings is 2. The number of amides is 1. The maximum absolute atomic E-state index is 13.3. The summed E-state index contributed by atoms with van der Waals surface area (Å²) < 4.78 is 85.5. The second kappa shape index (κ2) is 11.7. The molecule has 2 heterocycles. The average Bonchev–Trinajstić information content (AvgIpc) is 3.30. The van der Waals surface area contributed by atoms with Gasteiger partial charge in [0.25, 0.3) is 0 Å². The predicted octanol–water partition coefficient (Wildman–Crippen LogP) is 4.86. The first-order valence-electron chi connectivity index (χ1n) is 12.7. The summed E-state index contributed by atoms with van der Waals surface area (Å²) in [6.45, 7) is 3.41. The van der Waals surface area contributed by atoms with Crippen LogP contribution in [0.3, 0.4) is 0 Å². The molecular formula is C27H29F6N5O3. The molecule has 41 heavy (non-hydrogen) atoms. The zero-order chi connectivity index (χ0) is 30.1. The number of halogens is 6. The van der Waals surface area contributed by atoms with Crippen LogP contribution in [0.1, 0.15) is 59.4 Å². The number of ether oxygens (including phenoxy) is 1. The van der Waals surface area contributed by atoms with Crippen LogP contribution >= 0.6 is 0 Å². The number of aromatic amines is 2. The van der Waals surface area contributed by atoms with Crippen LogP contribution in [-0.4, -0.2) is 57.1 Å². The van der Waals surface area contributed by atoms with Crippen LogP contribution in [0, 0.1) is 0 Å². The van der Waals surface area contributed by atoms with Gasteiger partial charge in [0, 0.05) is 7.05 Å². The van der Waals surface area contributed by atoms with E-state index in [1.807, 2.05) is 38.1 Å². The van der Waals surface area contributed by atoms with Crippen molar-refractivity contribution >= 4 is 5.91 Å². The van der Waals surface area contributed by atoms with Gasteiger partial charge < -0.3 is 9.64 Å². The minimum atomic E-state index is -4.98. The molecule has 14 heteroatoms. The normalized spacial score (nSPS) is 18.9. The lowest BCUT2D eigenvalue weighted by atomic mass is 9.92. The second-order valence-electron chi connectivity index (χ2n) is 10.3. The fourth-order valence-electron chi connectivity index (χ4n) is 4.86. The van der Waals surface area contributed by atoms with Gasteiger partial charge in [-0.25, -0.2) is 9.89 Å². The quantitative estimate of drug-likeness (QED) is 0.369. The number of rotatable bonds is 8. The minimum Gasteiger partial charge on any atom is -0.375 e. The molecule has 1 aromatic heterocycles. The van der Waals surface area contributed by atoms with E-state index in [0.29, 0.717) is 18.0 Å². The summed E-state index contributed by atoms with van der Waals surface area (Å²) in [5.41, 5.74) is -1.80. The van der Waals surface area contributed by atoms with Crippen LogP contribution in [-0.2, 0) is 35.0 Å². The summed E-state index contributed by atoms with van der Waals surface area (Å²) in [5, 5.41) is 6.21. The van der Waals surface area contributed by atoms with Crippen LogP contribution in [0.25, 0.3) is 0 Å². The molecule has 0 bridgehead atoms. The Morgan fingerprint density at radius 2 is 1.61 bits per heavy atom. The van der Waals surface area contributed by atoms with Crippen LogP contribution in [0.15, 0.2) is 47.3 Å². The molecule has 1 saturated heterocycles. The molecule has 3 aromatic rings. The van der Waals surface area contributed by atoms with Crippen molar-refractivity contribution < 1.29 is 35.9 Å². The van der Waals surface area contributed by atoms with Gasteiger partial charge in [-0.05, 0) is 40.8 Å². The van der Waals surface area contributed by atoms with Gasteiger partial charge in [0.15, 0.2) is 0 Å². The number of likely N-dealkylation sites (N-methyl/N-ethyl adjacent to an activating group) is 1. The summed E-state index contributed by atoms with van der Waals surface area (Å²) in [6, 6.07) is 7.84. The van der Waals surface area contributed by atoms with Crippen molar-refractivity contribution in [2.24, 2.45) is 0 Å². The van der Waals surface area contributed by atoms with Crippen LogP contribution in [0.2, 0.25) is 0 Å². The van der Waals surface area contributed by atoms with Crippen LogP contribution in [0.4, 0.5) is 26.3 Å². The number of carbonyl (C=O) groups is 1. The zero-order valence-corrected chi connectivity index (χ0v) is 22.4. The van der Waals surface area contributed by atoms with Crippen molar-refractivity contribution in [3.8, 4) is 0 Å². The van der Waals surface area contributed by atoms with Crippen molar-refractivity contribution in [1.82, 2.24) is 25.0 Å². The Kier molecular flexibility index (Phi) is 8.64. The monoisotopic (exact) mass is 585 g/mol. The van der Waals surface area contributed by atoms with Gasteiger partial charge >= 0.3 is 18.0 Å². The number of hydrogen-bond acceptors (Lipinski definition) is 5. The molecule has 2 atom stereocenters. The third-order valence-electron chi connectivity index (χ3n) is 7.04. The zero-order valence-electron chi connectivity index (χ0n) is 22.4. The average molecular weight is 586 g/mol. The Hall–Kier alpha value is -3.65. The van der Waals surface area contributed by atoms with E-state index in [9.17, 15) is 35.9 Å². The predicted molar refractivity (Wildman–Crippen MR) is 136 cm³/mol. The maximum Gasteiger partial charge on any atom is 0.416 e. The molecule has 0 spiro atoms. The highest BCUT2D eigenvalue weighted by Crippen LogP contribution is 2.37. The summed E-state index contributed by atoms with van der Waals surface area (Å²) >= 11 is 0. The van der Waals surface area contributed by atoms with Crippen molar-refractivity contribution in [2.75, 3.05) is 20.2 Å². The Bertz CT molecular complexity index is 1380. The number of piperazine rings is 1. The Morgan fingerprint density at radius 1 is 1.00 bits per heavy atom. The van der Waals surface area contributed by atoms with E-state index in [4.69, 9.17) is 4.74 Å². The van der Waals surface area contributed by atoms with E-state index in [2.05, 4.69) is 15.2 Å². The molecular weight excluding hydrogens is 556 g/mol. The largest absolute Gasteiger partial charge is 0.416 e. The smallest absolute Gasteiger partial charge is 0.375 e. The topological polar surface area (TPSA) is 94.3 Å². The van der Waals surface area contributed by atoms with Crippen molar-refractivity contribution in [1.29, 1.82) is 0 Å². The van der Waals surface area contributed by atoms with E-state index < -0.39 is 47.9 Å². The first-order chi connectivity index (χ1) is 19.1. The highest BCUT2D eigenvalue weighted by molar-refractivity contribution is 5.79. The van der Waals surface area contributed by atoms with Crippen molar-refractivity contribution in [2.45, 2.75) is 57.4 Å². The molecule has 8 nitrogen and oxygen atoms in total. The minimum absolute atomic E-state index is 0.0267. The highest BCUT2D eigenvalue weighted by atomic mass is 19.4. The van der Waals surface area contributed by atoms with Gasteiger partial charge in [0.2, 0.25) is 5.91 Å². The Balaban J connectivity index is 1.63. The fourth-order valence-corrected chi connectivity index (χ4v) is 4.86. The third kappa shape index (κ3) is 7.17. The van der Waals surface area contributed by atoms with E-state index in [1.165, 1.54) is 4.90 Å².